The molecule has 1 aliphatic rings. The number of ether oxygens (including phenoxy) is 1. The Labute approximate surface area is 100 Å². The standard InChI is InChI=1S/C12H13ClN2O/c13-11-3-1-10(2-4-11)12(9-14)15-5-7-16-8-6-15/h1-4,12H,5-8H2/p+1/t12-/m1/s1. The van der Waals surface area contributed by atoms with Crippen LogP contribution in [-0.4, -0.2) is 26.3 Å². The molecule has 1 aromatic carbocycles. The van der Waals surface area contributed by atoms with Crippen molar-refractivity contribution >= 4 is 11.6 Å². The molecule has 1 aromatic rings. The van der Waals surface area contributed by atoms with Gasteiger partial charge in [0.2, 0.25) is 6.04 Å². The summed E-state index contributed by atoms with van der Waals surface area (Å²) in [7, 11) is 0. The van der Waals surface area contributed by atoms with Crippen LogP contribution in [0.25, 0.3) is 0 Å². The van der Waals surface area contributed by atoms with Gasteiger partial charge in [-0.05, 0) is 12.1 Å². The summed E-state index contributed by atoms with van der Waals surface area (Å²) < 4.78 is 5.30. The summed E-state index contributed by atoms with van der Waals surface area (Å²) in [5, 5.41) is 9.96. The van der Waals surface area contributed by atoms with Gasteiger partial charge in [0.15, 0.2) is 0 Å². The fourth-order valence-corrected chi connectivity index (χ4v) is 2.11. The number of quaternary nitrogens is 1. The van der Waals surface area contributed by atoms with E-state index in [1.54, 1.807) is 0 Å². The highest BCUT2D eigenvalue weighted by Gasteiger charge is 2.25. The summed E-state index contributed by atoms with van der Waals surface area (Å²) in [6, 6.07) is 9.79. The molecule has 4 heteroatoms. The number of halogens is 1. The lowest BCUT2D eigenvalue weighted by atomic mass is 10.1. The average molecular weight is 238 g/mol. The van der Waals surface area contributed by atoms with Crippen molar-refractivity contribution in [1.29, 1.82) is 5.26 Å². The van der Waals surface area contributed by atoms with Crippen LogP contribution in [0.3, 0.4) is 0 Å². The molecule has 1 aliphatic heterocycles. The van der Waals surface area contributed by atoms with Gasteiger partial charge in [0.1, 0.15) is 19.2 Å². The van der Waals surface area contributed by atoms with E-state index in [1.807, 2.05) is 24.3 Å². The Bertz CT molecular complexity index is 379. The summed E-state index contributed by atoms with van der Waals surface area (Å²) in [5.41, 5.74) is 1.03. The second-order valence-corrected chi connectivity index (χ2v) is 4.32. The molecule has 0 amide bonds. The van der Waals surface area contributed by atoms with Crippen molar-refractivity contribution in [2.24, 2.45) is 0 Å². The van der Waals surface area contributed by atoms with Crippen LogP contribution < -0.4 is 4.90 Å². The van der Waals surface area contributed by atoms with Crippen LogP contribution >= 0.6 is 11.6 Å². The predicted octanol–water partition coefficient (Wildman–Crippen LogP) is 0.820. The number of hydrogen-bond acceptors (Lipinski definition) is 2. The number of morpholine rings is 1. The van der Waals surface area contributed by atoms with E-state index in [0.717, 1.165) is 31.9 Å². The first kappa shape index (κ1) is 11.4. The quantitative estimate of drug-likeness (QED) is 0.827. The van der Waals surface area contributed by atoms with Crippen molar-refractivity contribution in [3.8, 4) is 6.07 Å². The smallest absolute Gasteiger partial charge is 0.200 e. The molecule has 0 saturated carbocycles. The van der Waals surface area contributed by atoms with Crippen molar-refractivity contribution < 1.29 is 9.64 Å². The van der Waals surface area contributed by atoms with E-state index in [0.29, 0.717) is 5.02 Å². The molecule has 0 bridgehead atoms. The van der Waals surface area contributed by atoms with Gasteiger partial charge in [-0.1, -0.05) is 23.7 Å². The van der Waals surface area contributed by atoms with Crippen LogP contribution in [0, 0.1) is 11.3 Å². The molecule has 0 aromatic heterocycles. The van der Waals surface area contributed by atoms with Crippen LogP contribution in [0.4, 0.5) is 0 Å². The van der Waals surface area contributed by atoms with E-state index < -0.39 is 0 Å². The molecule has 1 saturated heterocycles. The molecular weight excluding hydrogens is 224 g/mol. The zero-order chi connectivity index (χ0) is 11.4. The molecule has 1 atom stereocenters. The normalized spacial score (nSPS) is 19.0. The topological polar surface area (TPSA) is 37.5 Å². The second kappa shape index (κ2) is 5.31. The molecule has 0 unspecified atom stereocenters. The Morgan fingerprint density at radius 3 is 2.44 bits per heavy atom. The summed E-state index contributed by atoms with van der Waals surface area (Å²) in [5.74, 6) is 0. The zero-order valence-electron chi connectivity index (χ0n) is 8.95. The van der Waals surface area contributed by atoms with Gasteiger partial charge in [0.05, 0.1) is 13.2 Å². The number of hydrogen-bond donors (Lipinski definition) is 1. The Hall–Kier alpha value is -1.08. The molecule has 3 nitrogen and oxygen atoms in total. The fourth-order valence-electron chi connectivity index (χ4n) is 1.98. The van der Waals surface area contributed by atoms with Gasteiger partial charge in [-0.2, -0.15) is 5.26 Å². The highest BCUT2D eigenvalue weighted by Crippen LogP contribution is 2.14. The predicted molar refractivity (Wildman–Crippen MR) is 61.3 cm³/mol. The minimum atomic E-state index is -0.110. The first-order valence-electron chi connectivity index (χ1n) is 5.38. The Morgan fingerprint density at radius 1 is 1.25 bits per heavy atom. The first-order valence-corrected chi connectivity index (χ1v) is 5.76. The Kier molecular flexibility index (Phi) is 3.79. The van der Waals surface area contributed by atoms with E-state index >= 15 is 0 Å². The summed E-state index contributed by atoms with van der Waals surface area (Å²) >= 11 is 5.84. The molecule has 16 heavy (non-hydrogen) atoms. The maximum Gasteiger partial charge on any atom is 0.200 e. The number of benzene rings is 1. The van der Waals surface area contributed by atoms with Gasteiger partial charge in [-0.3, -0.25) is 0 Å². The third kappa shape index (κ3) is 2.53. The average Bonchev–Trinajstić information content (AvgIpc) is 2.34. The van der Waals surface area contributed by atoms with E-state index in [9.17, 15) is 5.26 Å². The minimum Gasteiger partial charge on any atom is -0.370 e. The molecule has 0 aliphatic carbocycles. The lowest BCUT2D eigenvalue weighted by molar-refractivity contribution is -0.930. The van der Waals surface area contributed by atoms with E-state index in [2.05, 4.69) is 6.07 Å². The third-order valence-corrected chi connectivity index (χ3v) is 3.13. The van der Waals surface area contributed by atoms with Gasteiger partial charge in [0, 0.05) is 10.6 Å². The lowest BCUT2D eigenvalue weighted by Crippen LogP contribution is -3.14. The van der Waals surface area contributed by atoms with Crippen LogP contribution in [0.2, 0.25) is 5.02 Å². The summed E-state index contributed by atoms with van der Waals surface area (Å²) in [4.78, 5) is 1.27. The maximum absolute atomic E-state index is 9.26. The molecular formula is C12H14ClN2O+. The highest BCUT2D eigenvalue weighted by molar-refractivity contribution is 6.30. The molecule has 2 rings (SSSR count). The van der Waals surface area contributed by atoms with Crippen LogP contribution in [0.1, 0.15) is 11.6 Å². The Morgan fingerprint density at radius 2 is 1.88 bits per heavy atom. The second-order valence-electron chi connectivity index (χ2n) is 3.88. The van der Waals surface area contributed by atoms with E-state index in [1.165, 1.54) is 4.90 Å². The van der Waals surface area contributed by atoms with Crippen molar-refractivity contribution in [1.82, 2.24) is 0 Å². The molecule has 1 fully saturated rings. The summed E-state index contributed by atoms with van der Waals surface area (Å²) in [6.07, 6.45) is 0. The van der Waals surface area contributed by atoms with Crippen molar-refractivity contribution in [3.63, 3.8) is 0 Å². The maximum atomic E-state index is 9.26. The number of nitriles is 1. The Balaban J connectivity index is 2.15. The number of nitrogens with zero attached hydrogens (tertiary/aromatic N) is 1. The SMILES string of the molecule is N#C[C@H](c1ccc(Cl)cc1)[NH+]1CCOCC1. The number of rotatable bonds is 2. The van der Waals surface area contributed by atoms with E-state index in [4.69, 9.17) is 16.3 Å². The molecule has 84 valence electrons. The van der Waals surface area contributed by atoms with E-state index in [-0.39, 0.29) is 6.04 Å². The molecule has 1 N–H and O–H groups in total. The van der Waals surface area contributed by atoms with Gasteiger partial charge < -0.3 is 9.64 Å². The van der Waals surface area contributed by atoms with Crippen LogP contribution in [-0.2, 0) is 4.74 Å². The highest BCUT2D eigenvalue weighted by atomic mass is 35.5. The van der Waals surface area contributed by atoms with Crippen molar-refractivity contribution in [3.05, 3.63) is 34.9 Å². The fraction of sp³-hybridized carbons (Fsp3) is 0.417. The first-order chi connectivity index (χ1) is 7.81. The summed E-state index contributed by atoms with van der Waals surface area (Å²) in [6.45, 7) is 3.25. The largest absolute Gasteiger partial charge is 0.370 e. The number of nitrogens with one attached hydrogen (secondary N) is 1. The van der Waals surface area contributed by atoms with Crippen LogP contribution in [0.5, 0.6) is 0 Å². The van der Waals surface area contributed by atoms with Gasteiger partial charge in [-0.15, -0.1) is 0 Å². The molecule has 1 heterocycles. The lowest BCUT2D eigenvalue weighted by Gasteiger charge is -2.27. The van der Waals surface area contributed by atoms with Gasteiger partial charge in [0.25, 0.3) is 0 Å². The van der Waals surface area contributed by atoms with Gasteiger partial charge in [-0.25, -0.2) is 0 Å². The monoisotopic (exact) mass is 237 g/mol. The molecule has 0 radical (unpaired) electrons. The van der Waals surface area contributed by atoms with Crippen molar-refractivity contribution in [2.75, 3.05) is 26.3 Å². The van der Waals surface area contributed by atoms with Crippen molar-refractivity contribution in [2.45, 2.75) is 6.04 Å². The van der Waals surface area contributed by atoms with Gasteiger partial charge >= 0.3 is 0 Å². The minimum absolute atomic E-state index is 0.110. The zero-order valence-corrected chi connectivity index (χ0v) is 9.70. The third-order valence-electron chi connectivity index (χ3n) is 2.88. The molecule has 0 spiro atoms. The van der Waals surface area contributed by atoms with Crippen LogP contribution in [0.15, 0.2) is 24.3 Å².